The van der Waals surface area contributed by atoms with Gasteiger partial charge in [-0.3, -0.25) is 19.3 Å². The molecule has 1 spiro atoms. The number of aliphatic hydroxyl groups is 2. The third kappa shape index (κ3) is 8.22. The van der Waals surface area contributed by atoms with Crippen LogP contribution in [0.3, 0.4) is 0 Å². The smallest absolute Gasteiger partial charge is 0.324 e. The van der Waals surface area contributed by atoms with Crippen molar-refractivity contribution in [2.45, 2.75) is 216 Å². The minimum Gasteiger partial charge on any atom is -0.459 e. The Hall–Kier alpha value is -2.19. The molecule has 0 radical (unpaired) electrons. The molecule has 3 heterocycles. The number of rotatable bonds is 8. The summed E-state index contributed by atoms with van der Waals surface area (Å²) in [6.07, 6.45) is 25.0. The van der Waals surface area contributed by atoms with E-state index in [4.69, 9.17) is 9.47 Å². The molecule has 2 amide bonds. The molecule has 9 fully saturated rings. The fourth-order valence-electron chi connectivity index (χ4n) is 15.2. The van der Waals surface area contributed by atoms with Crippen molar-refractivity contribution < 1.29 is 34.1 Å². The standard InChI is InChI=1S/C50H77N3O7/c1-59-38-26-19-31(20-27-38)17-18-32-21-28-40-39(29-32)50(49(58)52-40)42(47(56)51-30-41(55)33-11-5-2-6-12-33)44-48(57)60-45(35-15-9-4-10-16-35)43(34-13-7-3-8-14-34)53(44)46(50)36-22-24-37(54)25-23-36/h31-46,54-55H,2-16,19-30H2,1H3,(H,51,56)(H,52,58)/t31?,32?,36?,37?,38?,39?,40?,41-,42+,43+,44+,45-,46-,50+/m0/s1. The quantitative estimate of drug-likeness (QED) is 0.155. The van der Waals surface area contributed by atoms with Crippen molar-refractivity contribution in [3.05, 3.63) is 0 Å². The number of amides is 2. The SMILES string of the molecule is COC1CCC(C#CC2CCC3NC(=O)[C@@]4(C3C2)[C@H](C2CCC(O)CC2)N2[C@H](C3CCCCC3)[C@H](C3CCCCC3)OC(=O)[C@H]2[C@@H]4C(=O)NC[C@H](O)C2CCCCC2)CC1. The number of fused-ring (bicyclic) bond motifs is 3. The van der Waals surface area contributed by atoms with E-state index in [9.17, 15) is 10.2 Å². The summed E-state index contributed by atoms with van der Waals surface area (Å²) in [5, 5.41) is 29.2. The monoisotopic (exact) mass is 832 g/mol. The van der Waals surface area contributed by atoms with Crippen LogP contribution in [0.5, 0.6) is 0 Å². The average Bonchev–Trinajstić information content (AvgIpc) is 3.77. The number of nitrogens with one attached hydrogen (secondary N) is 2. The Balaban J connectivity index is 1.14. The summed E-state index contributed by atoms with van der Waals surface area (Å²) < 4.78 is 12.5. The maximum absolute atomic E-state index is 15.7. The molecule has 6 saturated carbocycles. The number of esters is 1. The van der Waals surface area contributed by atoms with Gasteiger partial charge in [0.1, 0.15) is 12.1 Å². The second kappa shape index (κ2) is 18.9. The van der Waals surface area contributed by atoms with Crippen LogP contribution in [0.25, 0.3) is 0 Å². The lowest BCUT2D eigenvalue weighted by Crippen LogP contribution is -2.66. The van der Waals surface area contributed by atoms with Gasteiger partial charge in [-0.05, 0) is 139 Å². The van der Waals surface area contributed by atoms with Crippen LogP contribution in [-0.4, -0.2) is 95.1 Å². The molecule has 334 valence electrons. The number of aliphatic hydroxyl groups excluding tert-OH is 2. The number of ether oxygens (including phenoxy) is 2. The maximum atomic E-state index is 15.7. The molecule has 9 aliphatic rings. The Morgan fingerprint density at radius 2 is 1.42 bits per heavy atom. The molecule has 4 N–H and O–H groups in total. The van der Waals surface area contributed by atoms with Crippen LogP contribution in [0, 0.1) is 64.6 Å². The molecule has 10 heteroatoms. The van der Waals surface area contributed by atoms with Gasteiger partial charge < -0.3 is 30.3 Å². The topological polar surface area (TPSA) is 137 Å². The predicted molar refractivity (Wildman–Crippen MR) is 229 cm³/mol. The largest absolute Gasteiger partial charge is 0.459 e. The third-order valence-electron chi connectivity index (χ3n) is 18.2. The van der Waals surface area contributed by atoms with Gasteiger partial charge in [0.25, 0.3) is 0 Å². The summed E-state index contributed by atoms with van der Waals surface area (Å²) in [4.78, 5) is 48.9. The first-order valence-electron chi connectivity index (χ1n) is 25.2. The Labute approximate surface area is 360 Å². The van der Waals surface area contributed by atoms with Gasteiger partial charge in [-0.1, -0.05) is 69.6 Å². The number of hydrogen-bond acceptors (Lipinski definition) is 8. The zero-order chi connectivity index (χ0) is 41.4. The highest BCUT2D eigenvalue weighted by Crippen LogP contribution is 2.64. The number of carbonyl (C=O) groups excluding carboxylic acids is 3. The summed E-state index contributed by atoms with van der Waals surface area (Å²) in [7, 11) is 1.81. The first-order valence-corrected chi connectivity index (χ1v) is 25.2. The van der Waals surface area contributed by atoms with E-state index in [1.165, 1.54) is 19.3 Å². The van der Waals surface area contributed by atoms with E-state index >= 15 is 14.4 Å². The molecular weight excluding hydrogens is 755 g/mol. The molecule has 3 unspecified atom stereocenters. The maximum Gasteiger partial charge on any atom is 0.324 e. The second-order valence-corrected chi connectivity index (χ2v) is 21.4. The minimum atomic E-state index is -1.16. The number of hydrogen-bond donors (Lipinski definition) is 4. The molecule has 9 rings (SSSR count). The third-order valence-corrected chi connectivity index (χ3v) is 18.2. The average molecular weight is 832 g/mol. The van der Waals surface area contributed by atoms with Crippen molar-refractivity contribution in [2.75, 3.05) is 13.7 Å². The van der Waals surface area contributed by atoms with Gasteiger partial charge in [0, 0.05) is 37.6 Å². The molecule has 3 saturated heterocycles. The van der Waals surface area contributed by atoms with E-state index in [2.05, 4.69) is 27.4 Å². The molecule has 0 aromatic heterocycles. The summed E-state index contributed by atoms with van der Waals surface area (Å²) in [5.41, 5.74) is -1.16. The number of cyclic esters (lactones) is 1. The van der Waals surface area contributed by atoms with E-state index in [1.807, 2.05) is 0 Å². The van der Waals surface area contributed by atoms with Gasteiger partial charge in [-0.25, -0.2) is 0 Å². The van der Waals surface area contributed by atoms with Crippen LogP contribution in [0.1, 0.15) is 167 Å². The van der Waals surface area contributed by atoms with Crippen molar-refractivity contribution in [3.63, 3.8) is 0 Å². The first-order chi connectivity index (χ1) is 29.3. The van der Waals surface area contributed by atoms with Gasteiger partial charge in [0.2, 0.25) is 11.8 Å². The van der Waals surface area contributed by atoms with Crippen LogP contribution in [0.2, 0.25) is 0 Å². The molecule has 10 nitrogen and oxygen atoms in total. The molecule has 3 aliphatic heterocycles. The molecule has 60 heavy (non-hydrogen) atoms. The summed E-state index contributed by atoms with van der Waals surface area (Å²) in [5.74, 6) is 6.95. The number of morpholine rings is 1. The van der Waals surface area contributed by atoms with Crippen LogP contribution in [0.15, 0.2) is 0 Å². The fraction of sp³-hybridized carbons (Fsp3) is 0.900. The van der Waals surface area contributed by atoms with E-state index in [-0.39, 0.29) is 84.3 Å². The fourth-order valence-corrected chi connectivity index (χ4v) is 15.2. The summed E-state index contributed by atoms with van der Waals surface area (Å²) in [6, 6.07) is -1.34. The first kappa shape index (κ1) is 43.1. The number of nitrogens with zero attached hydrogens (tertiary/aromatic N) is 1. The van der Waals surface area contributed by atoms with Crippen LogP contribution < -0.4 is 10.6 Å². The zero-order valence-corrected chi connectivity index (χ0v) is 36.7. The molecule has 6 aliphatic carbocycles. The van der Waals surface area contributed by atoms with Crippen molar-refractivity contribution >= 4 is 17.8 Å². The lowest BCUT2D eigenvalue weighted by atomic mass is 9.55. The van der Waals surface area contributed by atoms with Crippen LogP contribution >= 0.6 is 0 Å². The Bertz CT molecular complexity index is 1560. The van der Waals surface area contributed by atoms with Gasteiger partial charge in [0.15, 0.2) is 0 Å². The minimum absolute atomic E-state index is 0.0521. The van der Waals surface area contributed by atoms with E-state index < -0.39 is 23.5 Å². The van der Waals surface area contributed by atoms with Gasteiger partial charge in [-0.2, -0.15) is 0 Å². The van der Waals surface area contributed by atoms with Crippen LogP contribution in [0.4, 0.5) is 0 Å². The Morgan fingerprint density at radius 1 is 0.800 bits per heavy atom. The summed E-state index contributed by atoms with van der Waals surface area (Å²) in [6.45, 7) is 0.129. The zero-order valence-electron chi connectivity index (χ0n) is 36.7. The predicted octanol–water partition coefficient (Wildman–Crippen LogP) is 6.83. The summed E-state index contributed by atoms with van der Waals surface area (Å²) >= 11 is 0. The Morgan fingerprint density at radius 3 is 2.08 bits per heavy atom. The second-order valence-electron chi connectivity index (χ2n) is 21.4. The van der Waals surface area contributed by atoms with Crippen molar-refractivity contribution in [2.24, 2.45) is 52.8 Å². The highest BCUT2D eigenvalue weighted by Gasteiger charge is 2.77. The molecule has 0 aromatic rings. The number of methoxy groups -OCH3 is 1. The molecule has 10 atom stereocenters. The van der Waals surface area contributed by atoms with E-state index in [0.29, 0.717) is 30.8 Å². The number of carbonyl (C=O) groups is 3. The molecule has 0 aromatic carbocycles. The lowest BCUT2D eigenvalue weighted by molar-refractivity contribution is -0.190. The van der Waals surface area contributed by atoms with E-state index in [0.717, 1.165) is 135 Å². The van der Waals surface area contributed by atoms with Crippen molar-refractivity contribution in [3.8, 4) is 11.8 Å². The molecular formula is C50H77N3O7. The highest BCUT2D eigenvalue weighted by molar-refractivity contribution is 5.99. The highest BCUT2D eigenvalue weighted by atomic mass is 16.6. The van der Waals surface area contributed by atoms with Gasteiger partial charge in [0.05, 0.1) is 35.7 Å². The van der Waals surface area contributed by atoms with Crippen LogP contribution in [-0.2, 0) is 23.9 Å². The lowest BCUT2D eigenvalue weighted by Gasteiger charge is -2.54. The van der Waals surface area contributed by atoms with E-state index in [1.54, 1.807) is 7.11 Å². The van der Waals surface area contributed by atoms with Gasteiger partial charge >= 0.3 is 5.97 Å². The van der Waals surface area contributed by atoms with Crippen molar-refractivity contribution in [1.82, 2.24) is 15.5 Å². The molecule has 0 bridgehead atoms. The normalized spacial score (nSPS) is 42.6. The van der Waals surface area contributed by atoms with Gasteiger partial charge in [-0.15, -0.1) is 0 Å². The Kier molecular flexibility index (Phi) is 13.6. The van der Waals surface area contributed by atoms with Crippen molar-refractivity contribution in [1.29, 1.82) is 0 Å².